The molecule has 2 aromatic heterocycles. The summed E-state index contributed by atoms with van der Waals surface area (Å²) in [6, 6.07) is 17.1. The highest BCUT2D eigenvalue weighted by Gasteiger charge is 2.08. The van der Waals surface area contributed by atoms with Gasteiger partial charge in [-0.25, -0.2) is 4.98 Å². The van der Waals surface area contributed by atoms with Crippen LogP contribution in [0.1, 0.15) is 23.8 Å². The number of ketones is 1. The summed E-state index contributed by atoms with van der Waals surface area (Å²) < 4.78 is 7.08. The number of benzene rings is 2. The highest BCUT2D eigenvalue weighted by atomic mass is 127. The lowest BCUT2D eigenvalue weighted by molar-refractivity contribution is 0.0983. The smallest absolute Gasteiger partial charge is 0.205 e. The Hall–Kier alpha value is -2.94. The van der Waals surface area contributed by atoms with E-state index in [0.717, 1.165) is 16.7 Å². The van der Waals surface area contributed by atoms with Gasteiger partial charge in [0, 0.05) is 34.0 Å². The Morgan fingerprint density at radius 1 is 1.11 bits per heavy atom. The molecule has 0 aliphatic carbocycles. The van der Waals surface area contributed by atoms with Gasteiger partial charge in [-0.05, 0) is 65.1 Å². The second-order valence-corrected chi connectivity index (χ2v) is 7.40. The Balaban J connectivity index is 1.55. The molecular weight excluding hydrogens is 467 g/mol. The number of nitrogens with zero attached hydrogens (tertiary/aromatic N) is 2. The van der Waals surface area contributed by atoms with E-state index in [4.69, 9.17) is 4.74 Å². The van der Waals surface area contributed by atoms with Gasteiger partial charge < -0.3 is 15.0 Å². The first-order chi connectivity index (χ1) is 13.6. The quantitative estimate of drug-likeness (QED) is 0.272. The number of carbonyl (C=O) groups excluding carboxylic acids is 1. The maximum Gasteiger partial charge on any atom is 0.205 e. The number of ether oxygens (including phenoxy) is 1. The number of fused-ring (bicyclic) bond motifs is 1. The highest BCUT2D eigenvalue weighted by Crippen LogP contribution is 2.26. The van der Waals surface area contributed by atoms with Crippen LogP contribution in [0.25, 0.3) is 11.0 Å². The first-order valence-electron chi connectivity index (χ1n) is 8.80. The van der Waals surface area contributed by atoms with Gasteiger partial charge >= 0.3 is 0 Å². The van der Waals surface area contributed by atoms with Gasteiger partial charge in [0.2, 0.25) is 5.95 Å². The summed E-state index contributed by atoms with van der Waals surface area (Å²) in [6.45, 7) is 1.81. The number of anilines is 2. The molecule has 0 saturated heterocycles. The highest BCUT2D eigenvalue weighted by molar-refractivity contribution is 14.1. The molecule has 0 unspecified atom stereocenters. The van der Waals surface area contributed by atoms with Gasteiger partial charge in [-0.1, -0.05) is 6.92 Å². The third-order valence-electron chi connectivity index (χ3n) is 4.13. The van der Waals surface area contributed by atoms with Crippen molar-refractivity contribution in [3.63, 3.8) is 0 Å². The number of H-pyrrole nitrogens is 1. The van der Waals surface area contributed by atoms with E-state index in [1.165, 1.54) is 3.57 Å². The zero-order valence-corrected chi connectivity index (χ0v) is 17.2. The van der Waals surface area contributed by atoms with Crippen molar-refractivity contribution >= 4 is 51.0 Å². The molecule has 0 bridgehead atoms. The van der Waals surface area contributed by atoms with Crippen LogP contribution in [0.2, 0.25) is 0 Å². The number of aromatic nitrogens is 3. The van der Waals surface area contributed by atoms with E-state index < -0.39 is 0 Å². The molecule has 0 amide bonds. The monoisotopic (exact) mass is 484 g/mol. The molecule has 28 heavy (non-hydrogen) atoms. The maximum atomic E-state index is 11.8. The summed E-state index contributed by atoms with van der Waals surface area (Å²) in [5.74, 6) is 1.87. The fraction of sp³-hybridized carbons (Fsp3) is 0.0952. The van der Waals surface area contributed by atoms with Crippen molar-refractivity contribution in [3.05, 3.63) is 70.1 Å². The second-order valence-electron chi connectivity index (χ2n) is 6.15. The summed E-state index contributed by atoms with van der Waals surface area (Å²) in [5.41, 5.74) is 3.05. The number of imidazole rings is 1. The number of pyridine rings is 1. The van der Waals surface area contributed by atoms with Crippen molar-refractivity contribution in [2.45, 2.75) is 13.3 Å². The fourth-order valence-electron chi connectivity index (χ4n) is 2.73. The maximum absolute atomic E-state index is 11.8. The van der Waals surface area contributed by atoms with E-state index in [0.29, 0.717) is 29.6 Å². The fourth-order valence-corrected chi connectivity index (χ4v) is 3.09. The van der Waals surface area contributed by atoms with Crippen LogP contribution in [-0.2, 0) is 0 Å². The molecule has 0 radical (unpaired) electrons. The van der Waals surface area contributed by atoms with E-state index in [1.54, 1.807) is 18.3 Å². The minimum absolute atomic E-state index is 0.0132. The number of halogens is 1. The van der Waals surface area contributed by atoms with Crippen molar-refractivity contribution in [1.29, 1.82) is 0 Å². The molecule has 6 nitrogen and oxygen atoms in total. The number of hydrogen-bond donors (Lipinski definition) is 2. The second kappa shape index (κ2) is 7.97. The van der Waals surface area contributed by atoms with Gasteiger partial charge in [0.1, 0.15) is 17.2 Å². The topological polar surface area (TPSA) is 79.9 Å². The minimum Gasteiger partial charge on any atom is -0.457 e. The Bertz CT molecular complexity index is 1140. The van der Waals surface area contributed by atoms with E-state index in [-0.39, 0.29) is 5.78 Å². The van der Waals surface area contributed by atoms with Crippen molar-refractivity contribution < 1.29 is 9.53 Å². The first kappa shape index (κ1) is 18.4. The molecule has 0 aliphatic rings. The molecule has 0 aliphatic heterocycles. The SMILES string of the molecule is CCC(=O)c1cc(Oc2ccc3nc(Nc4ccc(I)cc4)[nH]c3c2)ccn1. The zero-order valence-electron chi connectivity index (χ0n) is 15.1. The van der Waals surface area contributed by atoms with Gasteiger partial charge in [-0.15, -0.1) is 0 Å². The predicted molar refractivity (Wildman–Crippen MR) is 117 cm³/mol. The predicted octanol–water partition coefficient (Wildman–Crippen LogP) is 5.69. The number of hydrogen-bond acceptors (Lipinski definition) is 5. The molecule has 0 fully saturated rings. The lowest BCUT2D eigenvalue weighted by Gasteiger charge is -2.06. The van der Waals surface area contributed by atoms with Crippen LogP contribution in [0.3, 0.4) is 0 Å². The van der Waals surface area contributed by atoms with Gasteiger partial charge in [0.15, 0.2) is 5.78 Å². The van der Waals surface area contributed by atoms with Crippen LogP contribution >= 0.6 is 22.6 Å². The van der Waals surface area contributed by atoms with Gasteiger partial charge in [-0.2, -0.15) is 0 Å². The summed E-state index contributed by atoms with van der Waals surface area (Å²) >= 11 is 2.27. The molecule has 140 valence electrons. The Kier molecular flexibility index (Phi) is 5.25. The molecule has 2 N–H and O–H groups in total. The normalized spacial score (nSPS) is 10.8. The third-order valence-corrected chi connectivity index (χ3v) is 4.85. The molecule has 4 aromatic rings. The number of carbonyl (C=O) groups is 1. The van der Waals surface area contributed by atoms with Crippen LogP contribution in [0, 0.1) is 3.57 Å². The minimum atomic E-state index is -0.0132. The number of aromatic amines is 1. The molecule has 0 atom stereocenters. The van der Waals surface area contributed by atoms with E-state index >= 15 is 0 Å². The average Bonchev–Trinajstić information content (AvgIpc) is 3.11. The number of rotatable bonds is 6. The lowest BCUT2D eigenvalue weighted by atomic mass is 10.2. The molecule has 0 saturated carbocycles. The van der Waals surface area contributed by atoms with Crippen LogP contribution in [-0.4, -0.2) is 20.7 Å². The van der Waals surface area contributed by atoms with Crippen LogP contribution in [0.5, 0.6) is 11.5 Å². The molecule has 7 heteroatoms. The van der Waals surface area contributed by atoms with Crippen LogP contribution in [0.4, 0.5) is 11.6 Å². The molecule has 2 aromatic carbocycles. The Morgan fingerprint density at radius 3 is 2.68 bits per heavy atom. The van der Waals surface area contributed by atoms with Crippen LogP contribution < -0.4 is 10.1 Å². The lowest BCUT2D eigenvalue weighted by Crippen LogP contribution is -2.00. The summed E-state index contributed by atoms with van der Waals surface area (Å²) in [6.07, 6.45) is 1.99. The number of nitrogens with one attached hydrogen (secondary N) is 2. The van der Waals surface area contributed by atoms with Crippen molar-refractivity contribution in [2.75, 3.05) is 5.32 Å². The Labute approximate surface area is 175 Å². The summed E-state index contributed by atoms with van der Waals surface area (Å²) in [7, 11) is 0. The molecule has 2 heterocycles. The van der Waals surface area contributed by atoms with Crippen molar-refractivity contribution in [2.24, 2.45) is 0 Å². The van der Waals surface area contributed by atoms with Crippen molar-refractivity contribution in [3.8, 4) is 11.5 Å². The van der Waals surface area contributed by atoms with Gasteiger partial charge in [0.25, 0.3) is 0 Å². The van der Waals surface area contributed by atoms with E-state index in [9.17, 15) is 4.79 Å². The van der Waals surface area contributed by atoms with Crippen molar-refractivity contribution in [1.82, 2.24) is 15.0 Å². The summed E-state index contributed by atoms with van der Waals surface area (Å²) in [4.78, 5) is 23.7. The van der Waals surface area contributed by atoms with Crippen LogP contribution in [0.15, 0.2) is 60.8 Å². The third kappa shape index (κ3) is 4.14. The van der Waals surface area contributed by atoms with Gasteiger partial charge in [-0.3, -0.25) is 9.78 Å². The largest absolute Gasteiger partial charge is 0.457 e. The number of Topliss-reactive ketones (excluding diaryl/α,β-unsaturated/α-hetero) is 1. The average molecular weight is 484 g/mol. The molecule has 4 rings (SSSR count). The summed E-state index contributed by atoms with van der Waals surface area (Å²) in [5, 5.41) is 3.26. The molecule has 0 spiro atoms. The Morgan fingerprint density at radius 2 is 1.89 bits per heavy atom. The zero-order chi connectivity index (χ0) is 19.5. The standard InChI is InChI=1S/C21H17IN4O2/c1-2-20(27)19-12-16(9-10-23-19)28-15-7-8-17-18(11-15)26-21(25-17)24-14-5-3-13(22)4-6-14/h3-12H,2H2,1H3,(H2,24,25,26). The van der Waals surface area contributed by atoms with E-state index in [2.05, 4.69) is 42.9 Å². The van der Waals surface area contributed by atoms with E-state index in [1.807, 2.05) is 49.4 Å². The van der Waals surface area contributed by atoms with Gasteiger partial charge in [0.05, 0.1) is 11.0 Å². The molecular formula is C21H17IN4O2. The first-order valence-corrected chi connectivity index (χ1v) is 9.88.